The van der Waals surface area contributed by atoms with E-state index in [1.54, 1.807) is 0 Å². The molecule has 1 aliphatic rings. The molecule has 28 heavy (non-hydrogen) atoms. The van der Waals surface area contributed by atoms with Crippen LogP contribution in [-0.2, 0) is 27.2 Å². The molecule has 0 bridgehead atoms. The van der Waals surface area contributed by atoms with Crippen LogP contribution in [0.2, 0.25) is 0 Å². The molecule has 0 spiro atoms. The third-order valence-corrected chi connectivity index (χ3v) is 4.50. The summed E-state index contributed by atoms with van der Waals surface area (Å²) in [5.74, 6) is -4.36. The molecule has 0 aliphatic heterocycles. The van der Waals surface area contributed by atoms with Crippen LogP contribution >= 0.6 is 0 Å². The summed E-state index contributed by atoms with van der Waals surface area (Å²) < 4.78 is 46.6. The Bertz CT molecular complexity index is 1030. The minimum Gasteiger partial charge on any atom is -0.364 e. The molecule has 1 fully saturated rings. The number of hydrogen-bond acceptors (Lipinski definition) is 6. The van der Waals surface area contributed by atoms with Gasteiger partial charge in [0.05, 0.1) is 5.56 Å². The first kappa shape index (κ1) is 19.9. The Morgan fingerprint density at radius 3 is 2.43 bits per heavy atom. The number of rotatable bonds is 4. The first-order chi connectivity index (χ1) is 13.1. The number of carbonyl (C=O) groups excluding carboxylic acids is 3. The van der Waals surface area contributed by atoms with Gasteiger partial charge in [0.25, 0.3) is 5.56 Å². The van der Waals surface area contributed by atoms with E-state index in [4.69, 9.17) is 4.74 Å². The number of alkyl halides is 3. The lowest BCUT2D eigenvalue weighted by Crippen LogP contribution is -2.36. The van der Waals surface area contributed by atoms with E-state index in [1.807, 2.05) is 0 Å². The molecule has 10 heteroatoms. The third-order valence-electron chi connectivity index (χ3n) is 4.50. The van der Waals surface area contributed by atoms with Crippen LogP contribution in [-0.4, -0.2) is 34.0 Å². The smallest absolute Gasteiger partial charge is 0.364 e. The van der Waals surface area contributed by atoms with E-state index < -0.39 is 46.3 Å². The van der Waals surface area contributed by atoms with Crippen LogP contribution in [0.25, 0.3) is 11.0 Å². The SMILES string of the molecule is COCn1c(=O)ccc2cc(C(=O)C3C(=O)CCCC3=O)c(C(F)(F)F)nc21. The number of Topliss-reactive ketones (excluding diaryl/α,β-unsaturated/α-hetero) is 3. The van der Waals surface area contributed by atoms with Crippen molar-refractivity contribution >= 4 is 28.4 Å². The standard InChI is InChI=1S/C18H15F3N2O5/c1-28-8-23-13(26)6-5-9-7-10(16(18(19,20)21)22-17(9)23)15(27)14-11(24)3-2-4-12(14)25/h5-7,14H,2-4,8H2,1H3. The second-order valence-corrected chi connectivity index (χ2v) is 6.40. The molecule has 2 heterocycles. The zero-order chi connectivity index (χ0) is 20.6. The van der Waals surface area contributed by atoms with Gasteiger partial charge in [-0.1, -0.05) is 0 Å². The summed E-state index contributed by atoms with van der Waals surface area (Å²) in [5, 5.41) is 0.0729. The number of ketones is 3. The zero-order valence-corrected chi connectivity index (χ0v) is 14.7. The Morgan fingerprint density at radius 2 is 1.86 bits per heavy atom. The quantitative estimate of drug-likeness (QED) is 0.581. The van der Waals surface area contributed by atoms with Crippen LogP contribution in [0.3, 0.4) is 0 Å². The first-order valence-corrected chi connectivity index (χ1v) is 8.35. The van der Waals surface area contributed by atoms with E-state index in [-0.39, 0.29) is 37.0 Å². The van der Waals surface area contributed by atoms with Crippen LogP contribution < -0.4 is 5.56 Å². The zero-order valence-electron chi connectivity index (χ0n) is 14.7. The minimum absolute atomic E-state index is 0.0438. The van der Waals surface area contributed by atoms with Crippen molar-refractivity contribution < 1.29 is 32.3 Å². The van der Waals surface area contributed by atoms with Gasteiger partial charge in [-0.2, -0.15) is 13.2 Å². The second-order valence-electron chi connectivity index (χ2n) is 6.40. The van der Waals surface area contributed by atoms with Gasteiger partial charge in [-0.05, 0) is 18.6 Å². The minimum atomic E-state index is -5.04. The highest BCUT2D eigenvalue weighted by Gasteiger charge is 2.43. The fourth-order valence-electron chi connectivity index (χ4n) is 3.22. The van der Waals surface area contributed by atoms with E-state index in [0.717, 1.165) is 16.7 Å². The van der Waals surface area contributed by atoms with Crippen molar-refractivity contribution in [2.75, 3.05) is 7.11 Å². The fourth-order valence-corrected chi connectivity index (χ4v) is 3.22. The van der Waals surface area contributed by atoms with Crippen LogP contribution in [0.1, 0.15) is 35.3 Å². The van der Waals surface area contributed by atoms with E-state index in [1.165, 1.54) is 13.2 Å². The average Bonchev–Trinajstić information content (AvgIpc) is 2.62. The van der Waals surface area contributed by atoms with Crippen LogP contribution in [0.15, 0.2) is 23.0 Å². The summed E-state index contributed by atoms with van der Waals surface area (Å²) in [6, 6.07) is 3.23. The molecule has 0 N–H and O–H groups in total. The summed E-state index contributed by atoms with van der Waals surface area (Å²) in [6.07, 6.45) is -4.85. The van der Waals surface area contributed by atoms with Crippen LogP contribution in [0, 0.1) is 5.92 Å². The maximum absolute atomic E-state index is 13.6. The van der Waals surface area contributed by atoms with Gasteiger partial charge in [0.1, 0.15) is 18.3 Å². The van der Waals surface area contributed by atoms with Crippen molar-refractivity contribution in [1.29, 1.82) is 0 Å². The average molecular weight is 396 g/mol. The van der Waals surface area contributed by atoms with Gasteiger partial charge >= 0.3 is 6.18 Å². The van der Waals surface area contributed by atoms with Crippen molar-refractivity contribution in [2.24, 2.45) is 5.92 Å². The highest BCUT2D eigenvalue weighted by Crippen LogP contribution is 2.34. The van der Waals surface area contributed by atoms with Gasteiger partial charge in [0.15, 0.2) is 23.0 Å². The normalized spacial score (nSPS) is 16.0. The maximum Gasteiger partial charge on any atom is 0.434 e. The van der Waals surface area contributed by atoms with Crippen LogP contribution in [0.4, 0.5) is 13.2 Å². The molecular formula is C18H15F3N2O5. The highest BCUT2D eigenvalue weighted by molar-refractivity contribution is 6.25. The van der Waals surface area contributed by atoms with Gasteiger partial charge in [0, 0.05) is 31.4 Å². The Morgan fingerprint density at radius 1 is 1.21 bits per heavy atom. The molecule has 148 valence electrons. The topological polar surface area (TPSA) is 95.3 Å². The number of fused-ring (bicyclic) bond motifs is 1. The molecule has 0 unspecified atom stereocenters. The number of ether oxygens (including phenoxy) is 1. The lowest BCUT2D eigenvalue weighted by atomic mass is 9.81. The molecule has 0 aromatic carbocycles. The first-order valence-electron chi connectivity index (χ1n) is 8.35. The monoisotopic (exact) mass is 396 g/mol. The molecule has 7 nitrogen and oxygen atoms in total. The largest absolute Gasteiger partial charge is 0.434 e. The van der Waals surface area contributed by atoms with Crippen molar-refractivity contribution in [3.05, 3.63) is 39.8 Å². The van der Waals surface area contributed by atoms with Gasteiger partial charge in [-0.15, -0.1) is 0 Å². The van der Waals surface area contributed by atoms with Crippen molar-refractivity contribution in [2.45, 2.75) is 32.2 Å². The van der Waals surface area contributed by atoms with Crippen molar-refractivity contribution in [1.82, 2.24) is 9.55 Å². The molecule has 1 aliphatic carbocycles. The van der Waals surface area contributed by atoms with Gasteiger partial charge in [0.2, 0.25) is 0 Å². The van der Waals surface area contributed by atoms with E-state index in [0.29, 0.717) is 0 Å². The third kappa shape index (κ3) is 3.47. The molecular weight excluding hydrogens is 381 g/mol. The number of aromatic nitrogens is 2. The predicted molar refractivity (Wildman–Crippen MR) is 89.7 cm³/mol. The van der Waals surface area contributed by atoms with Crippen molar-refractivity contribution in [3.8, 4) is 0 Å². The summed E-state index contributed by atoms with van der Waals surface area (Å²) in [4.78, 5) is 52.2. The van der Waals surface area contributed by atoms with E-state index in [2.05, 4.69) is 4.98 Å². The fraction of sp³-hybridized carbons (Fsp3) is 0.389. The van der Waals surface area contributed by atoms with E-state index >= 15 is 0 Å². The number of nitrogens with zero attached hydrogens (tertiary/aromatic N) is 2. The number of methoxy groups -OCH3 is 1. The maximum atomic E-state index is 13.6. The summed E-state index contributed by atoms with van der Waals surface area (Å²) >= 11 is 0. The Balaban J connectivity index is 2.26. The van der Waals surface area contributed by atoms with Crippen molar-refractivity contribution in [3.63, 3.8) is 0 Å². The molecule has 0 atom stereocenters. The Kier molecular flexibility index (Phi) is 5.16. The Labute approximate surface area is 156 Å². The Hall–Kier alpha value is -2.88. The number of carbonyl (C=O) groups is 3. The molecule has 2 aromatic heterocycles. The van der Waals surface area contributed by atoms with Crippen LogP contribution in [0.5, 0.6) is 0 Å². The summed E-state index contributed by atoms with van der Waals surface area (Å²) in [6.45, 7) is -0.340. The summed E-state index contributed by atoms with van der Waals surface area (Å²) in [5.41, 5.74) is -3.37. The number of pyridine rings is 2. The summed E-state index contributed by atoms with van der Waals surface area (Å²) in [7, 11) is 1.26. The van der Waals surface area contributed by atoms with Gasteiger partial charge in [-0.25, -0.2) is 4.98 Å². The van der Waals surface area contributed by atoms with E-state index in [9.17, 15) is 32.3 Å². The number of halogens is 3. The van der Waals surface area contributed by atoms with Gasteiger partial charge in [-0.3, -0.25) is 23.7 Å². The van der Waals surface area contributed by atoms with Gasteiger partial charge < -0.3 is 4.74 Å². The molecule has 3 rings (SSSR count). The second kappa shape index (κ2) is 7.27. The lowest BCUT2D eigenvalue weighted by molar-refractivity contribution is -0.142. The molecule has 1 saturated carbocycles. The molecule has 0 radical (unpaired) electrons. The molecule has 2 aromatic rings. The predicted octanol–water partition coefficient (Wildman–Crippen LogP) is 2.14. The molecule has 0 amide bonds. The highest BCUT2D eigenvalue weighted by atomic mass is 19.4. The molecule has 0 saturated heterocycles. The lowest BCUT2D eigenvalue weighted by Gasteiger charge is -2.20. The number of hydrogen-bond donors (Lipinski definition) is 0.